The number of hydrogen-bond acceptors (Lipinski definition) is 1. The zero-order chi connectivity index (χ0) is 10.1. The summed E-state index contributed by atoms with van der Waals surface area (Å²) in [6.07, 6.45) is 5.67. The number of carbonyl (C=O) groups is 1. The molecule has 0 N–H and O–H groups in total. The second kappa shape index (κ2) is 3.47. The van der Waals surface area contributed by atoms with Crippen LogP contribution in [0.25, 0.3) is 0 Å². The molecule has 0 bridgehead atoms. The van der Waals surface area contributed by atoms with Gasteiger partial charge in [0.2, 0.25) is 5.91 Å². The first-order valence-corrected chi connectivity index (χ1v) is 5.04. The maximum atomic E-state index is 11.6. The van der Waals surface area contributed by atoms with Crippen LogP contribution in [0.5, 0.6) is 0 Å². The lowest BCUT2D eigenvalue weighted by Gasteiger charge is -2.15. The summed E-state index contributed by atoms with van der Waals surface area (Å²) in [6, 6.07) is 5.80. The maximum absolute atomic E-state index is 11.6. The highest BCUT2D eigenvalue weighted by atomic mass is 79.9. The van der Waals surface area contributed by atoms with Gasteiger partial charge in [0.1, 0.15) is 0 Å². The van der Waals surface area contributed by atoms with Crippen LogP contribution in [0.15, 0.2) is 22.7 Å². The van der Waals surface area contributed by atoms with Gasteiger partial charge in [-0.15, -0.1) is 6.42 Å². The van der Waals surface area contributed by atoms with Gasteiger partial charge in [-0.2, -0.15) is 0 Å². The lowest BCUT2D eigenvalue weighted by Crippen LogP contribution is -2.27. The summed E-state index contributed by atoms with van der Waals surface area (Å²) in [5.41, 5.74) is 1.97. The monoisotopic (exact) mass is 249 g/mol. The normalized spacial score (nSPS) is 14.0. The largest absolute Gasteiger partial charge is 0.299 e. The van der Waals surface area contributed by atoms with Crippen molar-refractivity contribution in [3.8, 4) is 12.3 Å². The van der Waals surface area contributed by atoms with E-state index in [9.17, 15) is 4.79 Å². The highest BCUT2D eigenvalue weighted by molar-refractivity contribution is 9.10. The zero-order valence-electron chi connectivity index (χ0n) is 7.46. The Hall–Kier alpha value is -1.27. The first-order chi connectivity index (χ1) is 6.74. The number of fused-ring (bicyclic) bond motifs is 1. The Morgan fingerprint density at radius 1 is 1.57 bits per heavy atom. The molecule has 1 aliphatic heterocycles. The molecule has 0 saturated heterocycles. The number of rotatable bonds is 1. The van der Waals surface area contributed by atoms with Gasteiger partial charge in [0.05, 0.1) is 18.7 Å². The Morgan fingerprint density at radius 3 is 3.07 bits per heavy atom. The predicted molar refractivity (Wildman–Crippen MR) is 59.0 cm³/mol. The van der Waals surface area contributed by atoms with E-state index in [2.05, 4.69) is 21.9 Å². The van der Waals surface area contributed by atoms with Gasteiger partial charge in [-0.25, -0.2) is 0 Å². The van der Waals surface area contributed by atoms with Gasteiger partial charge < -0.3 is 0 Å². The van der Waals surface area contributed by atoms with Gasteiger partial charge in [-0.3, -0.25) is 9.69 Å². The van der Waals surface area contributed by atoms with Crippen LogP contribution in [-0.4, -0.2) is 12.5 Å². The third kappa shape index (κ3) is 1.32. The molecule has 0 fully saturated rings. The lowest BCUT2D eigenvalue weighted by atomic mass is 10.2. The summed E-state index contributed by atoms with van der Waals surface area (Å²) in [6.45, 7) is 0.342. The van der Waals surface area contributed by atoms with Crippen molar-refractivity contribution < 1.29 is 4.79 Å². The van der Waals surface area contributed by atoms with Gasteiger partial charge in [-0.1, -0.05) is 18.1 Å². The first kappa shape index (κ1) is 9.29. The summed E-state index contributed by atoms with van der Waals surface area (Å²) in [5.74, 6) is 2.57. The summed E-state index contributed by atoms with van der Waals surface area (Å²) in [7, 11) is 0. The van der Waals surface area contributed by atoms with Crippen molar-refractivity contribution in [2.45, 2.75) is 6.42 Å². The third-order valence-corrected chi connectivity index (χ3v) is 2.87. The molecule has 0 aliphatic carbocycles. The molecule has 1 heterocycles. The predicted octanol–water partition coefficient (Wildman–Crippen LogP) is 1.97. The average molecular weight is 250 g/mol. The Balaban J connectivity index is 2.51. The smallest absolute Gasteiger partial charge is 0.232 e. The first-order valence-electron chi connectivity index (χ1n) is 4.25. The van der Waals surface area contributed by atoms with Crippen molar-refractivity contribution in [3.05, 3.63) is 28.2 Å². The van der Waals surface area contributed by atoms with Crippen molar-refractivity contribution in [2.75, 3.05) is 11.4 Å². The van der Waals surface area contributed by atoms with Crippen LogP contribution >= 0.6 is 15.9 Å². The van der Waals surface area contributed by atoms with E-state index in [0.717, 1.165) is 15.7 Å². The molecule has 1 aliphatic rings. The molecule has 0 atom stereocenters. The molecule has 0 saturated carbocycles. The van der Waals surface area contributed by atoms with Crippen molar-refractivity contribution in [2.24, 2.45) is 0 Å². The summed E-state index contributed by atoms with van der Waals surface area (Å²) in [4.78, 5) is 13.2. The second-order valence-electron chi connectivity index (χ2n) is 3.11. The number of amides is 1. The highest BCUT2D eigenvalue weighted by Crippen LogP contribution is 2.35. The molecule has 1 aromatic carbocycles. The number of terminal acetylenes is 1. The molecule has 0 aromatic heterocycles. The number of halogens is 1. The van der Waals surface area contributed by atoms with Gasteiger partial charge >= 0.3 is 0 Å². The number of benzene rings is 1. The average Bonchev–Trinajstić information content (AvgIpc) is 2.45. The fraction of sp³-hybridized carbons (Fsp3) is 0.182. The highest BCUT2D eigenvalue weighted by Gasteiger charge is 2.27. The molecule has 1 aromatic rings. The summed E-state index contributed by atoms with van der Waals surface area (Å²) in [5, 5.41) is 0. The van der Waals surface area contributed by atoms with E-state index in [1.807, 2.05) is 18.2 Å². The quantitative estimate of drug-likeness (QED) is 0.698. The molecular weight excluding hydrogens is 242 g/mol. The van der Waals surface area contributed by atoms with Crippen molar-refractivity contribution >= 4 is 27.5 Å². The van der Waals surface area contributed by atoms with E-state index < -0.39 is 0 Å². The van der Waals surface area contributed by atoms with Gasteiger partial charge in [0.15, 0.2) is 0 Å². The van der Waals surface area contributed by atoms with E-state index in [0.29, 0.717) is 13.0 Å². The molecule has 0 spiro atoms. The fourth-order valence-electron chi connectivity index (χ4n) is 1.65. The van der Waals surface area contributed by atoms with E-state index in [-0.39, 0.29) is 5.91 Å². The lowest BCUT2D eigenvalue weighted by molar-refractivity contribution is -0.117. The number of hydrogen-bond donors (Lipinski definition) is 0. The van der Waals surface area contributed by atoms with Crippen LogP contribution in [0.2, 0.25) is 0 Å². The van der Waals surface area contributed by atoms with Crippen LogP contribution in [0.1, 0.15) is 5.56 Å². The topological polar surface area (TPSA) is 20.3 Å². The van der Waals surface area contributed by atoms with Crippen LogP contribution in [0.3, 0.4) is 0 Å². The van der Waals surface area contributed by atoms with Crippen LogP contribution in [0.4, 0.5) is 5.69 Å². The molecular formula is C11H8BrNO. The molecule has 14 heavy (non-hydrogen) atoms. The van der Waals surface area contributed by atoms with E-state index >= 15 is 0 Å². The van der Waals surface area contributed by atoms with Gasteiger partial charge in [-0.05, 0) is 27.6 Å². The van der Waals surface area contributed by atoms with Crippen molar-refractivity contribution in [3.63, 3.8) is 0 Å². The molecule has 1 amide bonds. The fourth-order valence-corrected chi connectivity index (χ4v) is 2.27. The number of nitrogens with zero attached hydrogens (tertiary/aromatic N) is 1. The Bertz CT molecular complexity index is 433. The Morgan fingerprint density at radius 2 is 2.36 bits per heavy atom. The molecule has 2 rings (SSSR count). The molecule has 0 radical (unpaired) electrons. The standard InChI is InChI=1S/C11H8BrNO/c1-2-6-13-10(14)7-8-4-3-5-9(12)11(8)13/h1,3-5H,6-7H2. The van der Waals surface area contributed by atoms with Gasteiger partial charge in [0, 0.05) is 4.47 Å². The molecule has 70 valence electrons. The van der Waals surface area contributed by atoms with E-state index in [4.69, 9.17) is 6.42 Å². The Labute approximate surface area is 91.0 Å². The molecule has 2 nitrogen and oxygen atoms in total. The zero-order valence-corrected chi connectivity index (χ0v) is 9.04. The van der Waals surface area contributed by atoms with E-state index in [1.54, 1.807) is 4.90 Å². The third-order valence-electron chi connectivity index (χ3n) is 2.23. The summed E-state index contributed by atoms with van der Waals surface area (Å²) >= 11 is 3.42. The van der Waals surface area contributed by atoms with Gasteiger partial charge in [0.25, 0.3) is 0 Å². The molecule has 3 heteroatoms. The Kier molecular flexibility index (Phi) is 2.30. The van der Waals surface area contributed by atoms with E-state index in [1.165, 1.54) is 0 Å². The number of carbonyl (C=O) groups excluding carboxylic acids is 1. The van der Waals surface area contributed by atoms with Crippen LogP contribution in [0, 0.1) is 12.3 Å². The SMILES string of the molecule is C#CCN1C(=O)Cc2cccc(Br)c21. The second-order valence-corrected chi connectivity index (χ2v) is 3.96. The minimum absolute atomic E-state index is 0.0739. The van der Waals surface area contributed by atoms with Crippen LogP contribution in [-0.2, 0) is 11.2 Å². The van der Waals surface area contributed by atoms with Crippen molar-refractivity contribution in [1.29, 1.82) is 0 Å². The van der Waals surface area contributed by atoms with Crippen LogP contribution < -0.4 is 4.90 Å². The molecule has 0 unspecified atom stereocenters. The van der Waals surface area contributed by atoms with Crippen molar-refractivity contribution in [1.82, 2.24) is 0 Å². The minimum atomic E-state index is 0.0739. The summed E-state index contributed by atoms with van der Waals surface area (Å²) < 4.78 is 0.927. The number of para-hydroxylation sites is 1. The number of anilines is 1. The minimum Gasteiger partial charge on any atom is -0.299 e. The maximum Gasteiger partial charge on any atom is 0.232 e.